The average Bonchev–Trinajstić information content (AvgIpc) is 2.94. The van der Waals surface area contributed by atoms with Crippen molar-refractivity contribution in [2.75, 3.05) is 13.2 Å². The fraction of sp³-hybridized carbons (Fsp3) is 0.529. The zero-order valence-corrected chi connectivity index (χ0v) is 14.9. The molecule has 7 nitrogen and oxygen atoms in total. The third-order valence-electron chi connectivity index (χ3n) is 3.60. The highest BCUT2D eigenvalue weighted by atomic mass is 16.5. The molecule has 2 heterocycles. The van der Waals surface area contributed by atoms with Crippen LogP contribution in [0.1, 0.15) is 49.3 Å². The van der Waals surface area contributed by atoms with Gasteiger partial charge in [-0.1, -0.05) is 13.8 Å². The largest absolute Gasteiger partial charge is 0.464 e. The summed E-state index contributed by atoms with van der Waals surface area (Å²) in [5, 5.41) is 4.33. The second-order valence-electron chi connectivity index (χ2n) is 4.98. The Morgan fingerprint density at radius 2 is 2.00 bits per heavy atom. The van der Waals surface area contributed by atoms with Crippen molar-refractivity contribution in [1.29, 1.82) is 0 Å². The van der Waals surface area contributed by atoms with Crippen LogP contribution in [-0.2, 0) is 24.6 Å². The topological polar surface area (TPSA) is 79.1 Å². The van der Waals surface area contributed by atoms with E-state index in [1.165, 1.54) is 0 Å². The van der Waals surface area contributed by atoms with Gasteiger partial charge in [-0.15, -0.1) is 0 Å². The third kappa shape index (κ3) is 3.25. The Morgan fingerprint density at radius 1 is 1.25 bits per heavy atom. The lowest BCUT2D eigenvalue weighted by Gasteiger charge is -2.16. The van der Waals surface area contributed by atoms with Gasteiger partial charge in [-0.2, -0.15) is 10.1 Å². The van der Waals surface area contributed by atoms with Crippen LogP contribution >= 0.6 is 0 Å². The molecule has 0 aliphatic heterocycles. The molecule has 0 aromatic carbocycles. The van der Waals surface area contributed by atoms with Gasteiger partial charge in [-0.25, -0.2) is 9.78 Å². The zero-order valence-electron chi connectivity index (χ0n) is 14.9. The monoisotopic (exact) mass is 332 g/mol. The number of hydrogen-bond donors (Lipinski definition) is 0. The molecule has 3 rings (SSSR count). The summed E-state index contributed by atoms with van der Waals surface area (Å²) in [4.78, 5) is 20.7. The molecule has 24 heavy (non-hydrogen) atoms. The molecule has 0 saturated heterocycles. The Hall–Kier alpha value is -2.44. The van der Waals surface area contributed by atoms with E-state index in [4.69, 9.17) is 9.47 Å². The van der Waals surface area contributed by atoms with E-state index < -0.39 is 0 Å². The third-order valence-corrected chi connectivity index (χ3v) is 3.60. The van der Waals surface area contributed by atoms with Crippen molar-refractivity contribution in [1.82, 2.24) is 19.7 Å². The molecular formula is C17H24N4O3. The van der Waals surface area contributed by atoms with Crippen LogP contribution in [0, 0.1) is 0 Å². The zero-order chi connectivity index (χ0) is 17.7. The minimum absolute atomic E-state index is 0.331. The van der Waals surface area contributed by atoms with Crippen LogP contribution in [0.2, 0.25) is 0 Å². The lowest BCUT2D eigenvalue weighted by Crippen LogP contribution is -2.12. The molecule has 1 aliphatic rings. The lowest BCUT2D eigenvalue weighted by atomic mass is 9.93. The number of fused-ring (bicyclic) bond motifs is 3. The SMILES string of the molecule is CC.CCOC(=O)c1nn(C)c2c1CCc1cnc(OCC)nc1-2. The van der Waals surface area contributed by atoms with Crippen molar-refractivity contribution in [3.8, 4) is 17.4 Å². The Balaban J connectivity index is 0.00000100. The molecule has 1 aliphatic carbocycles. The average molecular weight is 332 g/mol. The quantitative estimate of drug-likeness (QED) is 0.801. The molecule has 0 atom stereocenters. The van der Waals surface area contributed by atoms with E-state index in [0.29, 0.717) is 24.9 Å². The van der Waals surface area contributed by atoms with E-state index in [-0.39, 0.29) is 5.97 Å². The van der Waals surface area contributed by atoms with Gasteiger partial charge < -0.3 is 9.47 Å². The molecule has 7 heteroatoms. The fourth-order valence-corrected chi connectivity index (χ4v) is 2.70. The summed E-state index contributed by atoms with van der Waals surface area (Å²) in [6, 6.07) is 0.341. The van der Waals surface area contributed by atoms with Crippen LogP contribution in [-0.4, -0.2) is 38.9 Å². The van der Waals surface area contributed by atoms with Gasteiger partial charge in [0.2, 0.25) is 0 Å². The van der Waals surface area contributed by atoms with Crippen LogP contribution in [0.15, 0.2) is 6.20 Å². The Kier molecular flexibility index (Phi) is 5.89. The normalized spacial score (nSPS) is 11.7. The van der Waals surface area contributed by atoms with Gasteiger partial charge in [0.05, 0.1) is 24.6 Å². The van der Waals surface area contributed by atoms with Crippen molar-refractivity contribution < 1.29 is 14.3 Å². The van der Waals surface area contributed by atoms with Gasteiger partial charge in [0, 0.05) is 18.8 Å². The van der Waals surface area contributed by atoms with Gasteiger partial charge in [0.25, 0.3) is 0 Å². The number of aromatic nitrogens is 4. The molecule has 2 aromatic heterocycles. The summed E-state index contributed by atoms with van der Waals surface area (Å²) < 4.78 is 12.1. The Labute approximate surface area is 142 Å². The van der Waals surface area contributed by atoms with Crippen LogP contribution in [0.5, 0.6) is 6.01 Å². The number of hydrogen-bond acceptors (Lipinski definition) is 6. The summed E-state index contributed by atoms with van der Waals surface area (Å²) in [6.45, 7) is 8.50. The van der Waals surface area contributed by atoms with Crippen LogP contribution < -0.4 is 4.74 Å². The number of ether oxygens (including phenoxy) is 2. The van der Waals surface area contributed by atoms with E-state index in [2.05, 4.69) is 15.1 Å². The molecule has 0 spiro atoms. The van der Waals surface area contributed by atoms with E-state index in [1.54, 1.807) is 24.9 Å². The second kappa shape index (κ2) is 7.90. The molecule has 0 radical (unpaired) electrons. The fourth-order valence-electron chi connectivity index (χ4n) is 2.70. The molecule has 2 aromatic rings. The predicted molar refractivity (Wildman–Crippen MR) is 90.1 cm³/mol. The number of rotatable bonds is 4. The maximum atomic E-state index is 12.1. The molecule has 0 fully saturated rings. The first-order chi connectivity index (χ1) is 11.7. The maximum Gasteiger partial charge on any atom is 0.359 e. The highest BCUT2D eigenvalue weighted by Crippen LogP contribution is 2.34. The number of aryl methyl sites for hydroxylation is 2. The van der Waals surface area contributed by atoms with Crippen molar-refractivity contribution >= 4 is 5.97 Å². The van der Waals surface area contributed by atoms with E-state index in [0.717, 1.165) is 35.4 Å². The maximum absolute atomic E-state index is 12.1. The van der Waals surface area contributed by atoms with E-state index >= 15 is 0 Å². The first-order valence-electron chi connectivity index (χ1n) is 8.37. The molecular weight excluding hydrogens is 308 g/mol. The minimum atomic E-state index is -0.387. The van der Waals surface area contributed by atoms with Gasteiger partial charge in [-0.05, 0) is 32.3 Å². The van der Waals surface area contributed by atoms with E-state index in [9.17, 15) is 4.79 Å². The van der Waals surface area contributed by atoms with Gasteiger partial charge >= 0.3 is 12.0 Å². The van der Waals surface area contributed by atoms with Crippen LogP contribution in [0.4, 0.5) is 0 Å². The number of esters is 1. The predicted octanol–water partition coefficient (Wildman–Crippen LogP) is 2.58. The lowest BCUT2D eigenvalue weighted by molar-refractivity contribution is 0.0517. The summed E-state index contributed by atoms with van der Waals surface area (Å²) >= 11 is 0. The first kappa shape index (κ1) is 17.9. The van der Waals surface area contributed by atoms with Gasteiger partial charge in [-0.3, -0.25) is 4.68 Å². The van der Waals surface area contributed by atoms with Gasteiger partial charge in [0.1, 0.15) is 0 Å². The molecule has 0 bridgehead atoms. The summed E-state index contributed by atoms with van der Waals surface area (Å²) in [7, 11) is 1.80. The highest BCUT2D eigenvalue weighted by Gasteiger charge is 2.29. The molecule has 0 unspecified atom stereocenters. The smallest absolute Gasteiger partial charge is 0.359 e. The summed E-state index contributed by atoms with van der Waals surface area (Å²) in [6.07, 6.45) is 3.28. The molecule has 130 valence electrons. The standard InChI is InChI=1S/C15H18N4O3.C2H6/c1-4-21-14(20)12-10-7-6-9-8-16-15(22-5-2)17-11(9)13(10)19(3)18-12;1-2/h8H,4-7H2,1-3H3;1-2H3. The Morgan fingerprint density at radius 3 is 2.67 bits per heavy atom. The summed E-state index contributed by atoms with van der Waals surface area (Å²) in [5.41, 5.74) is 3.92. The minimum Gasteiger partial charge on any atom is -0.464 e. The van der Waals surface area contributed by atoms with Crippen molar-refractivity contribution in [3.05, 3.63) is 23.0 Å². The van der Waals surface area contributed by atoms with Crippen molar-refractivity contribution in [2.45, 2.75) is 40.5 Å². The molecule has 0 amide bonds. The van der Waals surface area contributed by atoms with E-state index in [1.807, 2.05) is 20.8 Å². The van der Waals surface area contributed by atoms with Crippen LogP contribution in [0.3, 0.4) is 0 Å². The van der Waals surface area contributed by atoms with Crippen LogP contribution in [0.25, 0.3) is 11.4 Å². The van der Waals surface area contributed by atoms with Gasteiger partial charge in [0.15, 0.2) is 5.69 Å². The number of carbonyl (C=O) groups excluding carboxylic acids is 1. The second-order valence-corrected chi connectivity index (χ2v) is 4.98. The number of nitrogens with zero attached hydrogens (tertiary/aromatic N) is 4. The van der Waals surface area contributed by atoms with Crippen molar-refractivity contribution in [3.63, 3.8) is 0 Å². The number of carbonyl (C=O) groups is 1. The Bertz CT molecular complexity index is 725. The highest BCUT2D eigenvalue weighted by molar-refractivity contribution is 5.91. The first-order valence-corrected chi connectivity index (χ1v) is 8.37. The molecule has 0 N–H and O–H groups in total. The molecule has 0 saturated carbocycles. The van der Waals surface area contributed by atoms with Crippen molar-refractivity contribution in [2.24, 2.45) is 7.05 Å². The summed E-state index contributed by atoms with van der Waals surface area (Å²) in [5.74, 6) is -0.387.